The molecule has 1 aromatic heterocycles. The molecule has 33 heavy (non-hydrogen) atoms. The maximum atomic E-state index is 13.4. The number of nitrogens with zero attached hydrogens (tertiary/aromatic N) is 2. The molecule has 2 heterocycles. The van der Waals surface area contributed by atoms with E-state index in [0.29, 0.717) is 12.1 Å². The van der Waals surface area contributed by atoms with E-state index in [1.165, 1.54) is 12.1 Å². The SMILES string of the molecule is O=C(c1ccc(NS(=O)(=O)c2ccc(F)c(Cl)c2)cc1)N1CCCCCC1c1ccncc1. The van der Waals surface area contributed by atoms with Gasteiger partial charge in [-0.3, -0.25) is 14.5 Å². The number of sulfonamides is 1. The van der Waals surface area contributed by atoms with E-state index < -0.39 is 15.8 Å². The lowest BCUT2D eigenvalue weighted by Gasteiger charge is -2.30. The third kappa shape index (κ3) is 5.34. The van der Waals surface area contributed by atoms with Gasteiger partial charge in [-0.1, -0.05) is 24.4 Å². The van der Waals surface area contributed by atoms with E-state index in [9.17, 15) is 17.6 Å². The van der Waals surface area contributed by atoms with Gasteiger partial charge >= 0.3 is 0 Å². The number of pyridine rings is 1. The summed E-state index contributed by atoms with van der Waals surface area (Å²) in [4.78, 5) is 19.2. The highest BCUT2D eigenvalue weighted by Crippen LogP contribution is 2.31. The minimum Gasteiger partial charge on any atom is -0.332 e. The molecule has 0 aliphatic carbocycles. The van der Waals surface area contributed by atoms with Crippen LogP contribution in [0.2, 0.25) is 5.02 Å². The fourth-order valence-corrected chi connectivity index (χ4v) is 5.32. The number of carbonyl (C=O) groups is 1. The van der Waals surface area contributed by atoms with Crippen molar-refractivity contribution in [2.24, 2.45) is 0 Å². The van der Waals surface area contributed by atoms with Gasteiger partial charge in [0.2, 0.25) is 0 Å². The molecule has 9 heteroatoms. The summed E-state index contributed by atoms with van der Waals surface area (Å²) < 4.78 is 41.0. The summed E-state index contributed by atoms with van der Waals surface area (Å²) in [7, 11) is -3.96. The number of anilines is 1. The van der Waals surface area contributed by atoms with Gasteiger partial charge in [0, 0.05) is 30.2 Å². The van der Waals surface area contributed by atoms with Crippen LogP contribution < -0.4 is 4.72 Å². The van der Waals surface area contributed by atoms with E-state index in [2.05, 4.69) is 9.71 Å². The zero-order chi connectivity index (χ0) is 23.4. The number of likely N-dealkylation sites (tertiary alicyclic amines) is 1. The van der Waals surface area contributed by atoms with Crippen LogP contribution in [0.25, 0.3) is 0 Å². The number of halogens is 2. The second kappa shape index (κ2) is 9.89. The molecule has 172 valence electrons. The topological polar surface area (TPSA) is 79.4 Å². The standard InChI is InChI=1S/C24H23ClFN3O3S/c25-21-16-20(9-10-22(21)26)33(31,32)28-19-7-5-18(6-8-19)24(30)29-15-3-1-2-4-23(29)17-11-13-27-14-12-17/h5-14,16,23,28H,1-4,15H2. The number of benzene rings is 2. The van der Waals surface area contributed by atoms with E-state index >= 15 is 0 Å². The largest absolute Gasteiger partial charge is 0.332 e. The Kier molecular flexibility index (Phi) is 6.95. The molecule has 1 atom stereocenters. The van der Waals surface area contributed by atoms with E-state index in [0.717, 1.165) is 49.4 Å². The van der Waals surface area contributed by atoms with Crippen molar-refractivity contribution in [1.29, 1.82) is 0 Å². The highest BCUT2D eigenvalue weighted by atomic mass is 35.5. The summed E-state index contributed by atoms with van der Waals surface area (Å²) in [5.41, 5.74) is 1.82. The zero-order valence-corrected chi connectivity index (χ0v) is 19.3. The Morgan fingerprint density at radius 1 is 1.03 bits per heavy atom. The van der Waals surface area contributed by atoms with Crippen molar-refractivity contribution in [2.45, 2.75) is 36.6 Å². The monoisotopic (exact) mass is 487 g/mol. The van der Waals surface area contributed by atoms with Crippen LogP contribution in [0.4, 0.5) is 10.1 Å². The molecule has 0 bridgehead atoms. The highest BCUT2D eigenvalue weighted by molar-refractivity contribution is 7.92. The molecular weight excluding hydrogens is 465 g/mol. The third-order valence-corrected chi connectivity index (χ3v) is 7.36. The molecule has 1 amide bonds. The molecular formula is C24H23ClFN3O3S. The summed E-state index contributed by atoms with van der Waals surface area (Å²) >= 11 is 5.71. The van der Waals surface area contributed by atoms with Gasteiger partial charge in [0.25, 0.3) is 15.9 Å². The number of hydrogen-bond acceptors (Lipinski definition) is 4. The van der Waals surface area contributed by atoms with Gasteiger partial charge in [-0.05, 0) is 73.0 Å². The maximum Gasteiger partial charge on any atom is 0.261 e. The minimum atomic E-state index is -3.96. The molecule has 1 saturated heterocycles. The fourth-order valence-electron chi connectivity index (χ4n) is 3.99. The summed E-state index contributed by atoms with van der Waals surface area (Å²) in [6.07, 6.45) is 7.40. The van der Waals surface area contributed by atoms with Crippen LogP contribution in [0.1, 0.15) is 47.6 Å². The van der Waals surface area contributed by atoms with E-state index in [4.69, 9.17) is 11.6 Å². The van der Waals surface area contributed by atoms with E-state index in [-0.39, 0.29) is 27.6 Å². The van der Waals surface area contributed by atoms with Crippen LogP contribution in [-0.4, -0.2) is 30.8 Å². The van der Waals surface area contributed by atoms with Crippen molar-refractivity contribution in [1.82, 2.24) is 9.88 Å². The van der Waals surface area contributed by atoms with Crippen molar-refractivity contribution in [3.8, 4) is 0 Å². The second-order valence-electron chi connectivity index (χ2n) is 7.90. The lowest BCUT2D eigenvalue weighted by atomic mass is 10.0. The molecule has 1 unspecified atom stereocenters. The lowest BCUT2D eigenvalue weighted by molar-refractivity contribution is 0.0681. The Labute approximate surface area is 197 Å². The van der Waals surface area contributed by atoms with E-state index in [1.54, 1.807) is 24.5 Å². The Balaban J connectivity index is 1.53. The van der Waals surface area contributed by atoms with E-state index in [1.807, 2.05) is 17.0 Å². The number of nitrogens with one attached hydrogen (secondary N) is 1. The highest BCUT2D eigenvalue weighted by Gasteiger charge is 2.27. The van der Waals surface area contributed by atoms with Crippen LogP contribution >= 0.6 is 11.6 Å². The molecule has 1 N–H and O–H groups in total. The number of hydrogen-bond donors (Lipinski definition) is 1. The number of aromatic nitrogens is 1. The predicted octanol–water partition coefficient (Wildman–Crippen LogP) is 5.43. The zero-order valence-electron chi connectivity index (χ0n) is 17.7. The molecule has 4 rings (SSSR count). The molecule has 0 spiro atoms. The molecule has 3 aromatic rings. The number of amides is 1. The Hall–Kier alpha value is -2.97. The van der Waals surface area contributed by atoms with Crippen molar-refractivity contribution in [3.63, 3.8) is 0 Å². The van der Waals surface area contributed by atoms with Crippen LogP contribution in [0.5, 0.6) is 0 Å². The van der Waals surface area contributed by atoms with Gasteiger partial charge in [0.05, 0.1) is 16.0 Å². The molecule has 0 radical (unpaired) electrons. The number of rotatable bonds is 5. The molecule has 6 nitrogen and oxygen atoms in total. The van der Waals surface area contributed by atoms with Gasteiger partial charge in [-0.2, -0.15) is 0 Å². The first-order valence-electron chi connectivity index (χ1n) is 10.6. The first kappa shape index (κ1) is 23.2. The molecule has 2 aromatic carbocycles. The van der Waals surface area contributed by atoms with Crippen molar-refractivity contribution in [3.05, 3.63) is 89.0 Å². The molecule has 0 saturated carbocycles. The molecule has 1 fully saturated rings. The van der Waals surface area contributed by atoms with Crippen LogP contribution in [0, 0.1) is 5.82 Å². The van der Waals surface area contributed by atoms with Crippen molar-refractivity contribution in [2.75, 3.05) is 11.3 Å². The first-order chi connectivity index (χ1) is 15.8. The van der Waals surface area contributed by atoms with Crippen molar-refractivity contribution < 1.29 is 17.6 Å². The van der Waals surface area contributed by atoms with Crippen LogP contribution in [-0.2, 0) is 10.0 Å². The van der Waals surface area contributed by atoms with Gasteiger partial charge in [0.1, 0.15) is 5.82 Å². The predicted molar refractivity (Wildman–Crippen MR) is 125 cm³/mol. The quantitative estimate of drug-likeness (QED) is 0.520. The van der Waals surface area contributed by atoms with Gasteiger partial charge in [-0.15, -0.1) is 0 Å². The van der Waals surface area contributed by atoms with Gasteiger partial charge in [0.15, 0.2) is 0 Å². The average molecular weight is 488 g/mol. The summed E-state index contributed by atoms with van der Waals surface area (Å²) in [5.74, 6) is -0.796. The summed E-state index contributed by atoms with van der Waals surface area (Å²) in [6.45, 7) is 0.658. The van der Waals surface area contributed by atoms with Gasteiger partial charge in [-0.25, -0.2) is 12.8 Å². The molecule has 1 aliphatic heterocycles. The fraction of sp³-hybridized carbons (Fsp3) is 0.250. The summed E-state index contributed by atoms with van der Waals surface area (Å²) in [6, 6.07) is 13.3. The minimum absolute atomic E-state index is 0.0237. The van der Waals surface area contributed by atoms with Gasteiger partial charge < -0.3 is 4.90 Å². The lowest BCUT2D eigenvalue weighted by Crippen LogP contribution is -2.34. The Morgan fingerprint density at radius 2 is 1.76 bits per heavy atom. The maximum absolute atomic E-state index is 13.4. The Morgan fingerprint density at radius 3 is 2.45 bits per heavy atom. The van der Waals surface area contributed by atoms with Crippen LogP contribution in [0.15, 0.2) is 71.9 Å². The number of carbonyl (C=O) groups excluding carboxylic acids is 1. The Bertz CT molecular complexity index is 1240. The second-order valence-corrected chi connectivity index (χ2v) is 9.99. The first-order valence-corrected chi connectivity index (χ1v) is 12.5. The smallest absolute Gasteiger partial charge is 0.261 e. The normalized spacial score (nSPS) is 16.8. The third-order valence-electron chi connectivity index (χ3n) is 5.69. The summed E-state index contributed by atoms with van der Waals surface area (Å²) in [5, 5.41) is -0.278. The van der Waals surface area contributed by atoms with Crippen molar-refractivity contribution >= 4 is 33.2 Å². The molecule has 1 aliphatic rings. The van der Waals surface area contributed by atoms with Crippen LogP contribution in [0.3, 0.4) is 0 Å². The average Bonchev–Trinajstić information content (AvgIpc) is 3.07.